The number of alkyl halides is 3. The van der Waals surface area contributed by atoms with Crippen molar-refractivity contribution in [3.63, 3.8) is 0 Å². The molecule has 0 fully saturated rings. The summed E-state index contributed by atoms with van der Waals surface area (Å²) in [6.45, 7) is 1.41. The van der Waals surface area contributed by atoms with Gasteiger partial charge in [-0.3, -0.25) is 0 Å². The lowest BCUT2D eigenvalue weighted by Crippen LogP contribution is -2.24. The molecule has 0 amide bonds. The lowest BCUT2D eigenvalue weighted by Gasteiger charge is -2.15. The van der Waals surface area contributed by atoms with Gasteiger partial charge in [0, 0.05) is 6.04 Å². The van der Waals surface area contributed by atoms with Crippen molar-refractivity contribution in [2.75, 3.05) is 12.4 Å². The summed E-state index contributed by atoms with van der Waals surface area (Å²) in [7, 11) is 1.41. The molecule has 1 atom stereocenters. The lowest BCUT2D eigenvalue weighted by molar-refractivity contribution is -0.136. The van der Waals surface area contributed by atoms with Crippen molar-refractivity contribution in [1.82, 2.24) is 9.97 Å². The molecule has 1 unspecified atom stereocenters. The Labute approximate surface area is 105 Å². The Hall–Kier alpha value is -1.05. The van der Waals surface area contributed by atoms with Crippen molar-refractivity contribution in [3.05, 3.63) is 10.7 Å². The van der Waals surface area contributed by atoms with E-state index in [1.54, 1.807) is 0 Å². The van der Waals surface area contributed by atoms with Crippen LogP contribution in [0.25, 0.3) is 0 Å². The summed E-state index contributed by atoms with van der Waals surface area (Å²) in [5.41, 5.74) is 0. The van der Waals surface area contributed by atoms with Gasteiger partial charge < -0.3 is 10.1 Å². The van der Waals surface area contributed by atoms with Gasteiger partial charge >= 0.3 is 6.18 Å². The van der Waals surface area contributed by atoms with Crippen molar-refractivity contribution < 1.29 is 17.9 Å². The standard InChI is InChI=1S/C9H11BrF3N3O/c1-5(3-9(11,12)13)15-8-14-4-6(10)7(16-8)17-2/h4-5H,3H2,1-2H3,(H,14,15,16). The summed E-state index contributed by atoms with van der Waals surface area (Å²) in [6, 6.07) is -0.805. The molecule has 96 valence electrons. The van der Waals surface area contributed by atoms with Gasteiger partial charge in [-0.05, 0) is 22.9 Å². The van der Waals surface area contributed by atoms with E-state index in [9.17, 15) is 13.2 Å². The van der Waals surface area contributed by atoms with Crippen molar-refractivity contribution in [3.8, 4) is 5.88 Å². The third kappa shape index (κ3) is 4.76. The number of hydrogen-bond acceptors (Lipinski definition) is 4. The van der Waals surface area contributed by atoms with Crippen LogP contribution in [-0.4, -0.2) is 29.3 Å². The van der Waals surface area contributed by atoms with Crippen LogP contribution in [0.3, 0.4) is 0 Å². The van der Waals surface area contributed by atoms with E-state index >= 15 is 0 Å². The number of methoxy groups -OCH3 is 1. The molecule has 0 aliphatic carbocycles. The number of nitrogens with one attached hydrogen (secondary N) is 1. The monoisotopic (exact) mass is 313 g/mol. The van der Waals surface area contributed by atoms with Gasteiger partial charge in [-0.15, -0.1) is 0 Å². The molecule has 1 N–H and O–H groups in total. The summed E-state index contributed by atoms with van der Waals surface area (Å²) in [6.07, 6.45) is -3.75. The van der Waals surface area contributed by atoms with Gasteiger partial charge in [0.15, 0.2) is 0 Å². The molecule has 0 saturated heterocycles. The van der Waals surface area contributed by atoms with Crippen LogP contribution in [0.4, 0.5) is 19.1 Å². The van der Waals surface area contributed by atoms with Gasteiger partial charge in [0.2, 0.25) is 11.8 Å². The zero-order chi connectivity index (χ0) is 13.1. The molecule has 8 heteroatoms. The third-order valence-electron chi connectivity index (χ3n) is 1.82. The minimum absolute atomic E-state index is 0.0989. The smallest absolute Gasteiger partial charge is 0.391 e. The topological polar surface area (TPSA) is 47.0 Å². The van der Waals surface area contributed by atoms with E-state index in [1.807, 2.05) is 0 Å². The second-order valence-electron chi connectivity index (χ2n) is 3.42. The fourth-order valence-corrected chi connectivity index (χ4v) is 1.54. The Morgan fingerprint density at radius 1 is 1.53 bits per heavy atom. The summed E-state index contributed by atoms with van der Waals surface area (Å²) < 4.78 is 41.8. The molecule has 0 bridgehead atoms. The van der Waals surface area contributed by atoms with Crippen LogP contribution in [0.1, 0.15) is 13.3 Å². The Bertz CT molecular complexity index is 386. The van der Waals surface area contributed by atoms with E-state index in [1.165, 1.54) is 20.2 Å². The quantitative estimate of drug-likeness (QED) is 0.928. The van der Waals surface area contributed by atoms with Crippen molar-refractivity contribution in [2.45, 2.75) is 25.6 Å². The van der Waals surface area contributed by atoms with Crippen molar-refractivity contribution in [1.29, 1.82) is 0 Å². The molecular formula is C9H11BrF3N3O. The molecule has 4 nitrogen and oxygen atoms in total. The molecule has 0 saturated carbocycles. The highest BCUT2D eigenvalue weighted by Gasteiger charge is 2.30. The molecule has 0 aromatic carbocycles. The minimum atomic E-state index is -4.22. The highest BCUT2D eigenvalue weighted by molar-refractivity contribution is 9.10. The fraction of sp³-hybridized carbons (Fsp3) is 0.556. The number of aromatic nitrogens is 2. The van der Waals surface area contributed by atoms with Crippen LogP contribution < -0.4 is 10.1 Å². The number of halogens is 4. The SMILES string of the molecule is COc1nc(NC(C)CC(F)(F)F)ncc1Br. The molecule has 0 aliphatic rings. The summed E-state index contributed by atoms with van der Waals surface area (Å²) in [5, 5.41) is 2.56. The second-order valence-corrected chi connectivity index (χ2v) is 4.27. The fourth-order valence-electron chi connectivity index (χ4n) is 1.18. The van der Waals surface area contributed by atoms with Crippen LogP contribution in [0.15, 0.2) is 10.7 Å². The van der Waals surface area contributed by atoms with Crippen molar-refractivity contribution in [2.24, 2.45) is 0 Å². The number of nitrogens with zero attached hydrogens (tertiary/aromatic N) is 2. The predicted octanol–water partition coefficient (Wildman–Crippen LogP) is 3.00. The molecule has 0 aliphatic heterocycles. The van der Waals surface area contributed by atoms with E-state index in [-0.39, 0.29) is 11.8 Å². The average molecular weight is 314 g/mol. The van der Waals surface area contributed by atoms with Gasteiger partial charge in [0.1, 0.15) is 0 Å². The Kier molecular flexibility index (Phi) is 4.55. The van der Waals surface area contributed by atoms with Crippen LogP contribution in [0.2, 0.25) is 0 Å². The zero-order valence-corrected chi connectivity index (χ0v) is 10.8. The average Bonchev–Trinajstić information content (AvgIpc) is 2.18. The number of hydrogen-bond donors (Lipinski definition) is 1. The molecule has 0 radical (unpaired) electrons. The van der Waals surface area contributed by atoms with E-state index < -0.39 is 18.6 Å². The largest absolute Gasteiger partial charge is 0.480 e. The molecule has 1 heterocycles. The highest BCUT2D eigenvalue weighted by atomic mass is 79.9. The van der Waals surface area contributed by atoms with Gasteiger partial charge in [0.25, 0.3) is 0 Å². The molecule has 0 spiro atoms. The van der Waals surface area contributed by atoms with E-state index in [0.29, 0.717) is 4.47 Å². The van der Waals surface area contributed by atoms with Gasteiger partial charge in [-0.2, -0.15) is 18.2 Å². The molecule has 17 heavy (non-hydrogen) atoms. The first kappa shape index (κ1) is 14.0. The Morgan fingerprint density at radius 3 is 2.71 bits per heavy atom. The maximum absolute atomic E-state index is 12.1. The summed E-state index contributed by atoms with van der Waals surface area (Å²) in [4.78, 5) is 7.74. The second kappa shape index (κ2) is 5.52. The normalized spacial score (nSPS) is 13.3. The third-order valence-corrected chi connectivity index (χ3v) is 2.36. The first-order chi connectivity index (χ1) is 7.81. The first-order valence-corrected chi connectivity index (χ1v) is 5.51. The van der Waals surface area contributed by atoms with Crippen LogP contribution in [-0.2, 0) is 0 Å². The number of ether oxygens (including phenoxy) is 1. The maximum Gasteiger partial charge on any atom is 0.391 e. The molecule has 1 rings (SSSR count). The highest BCUT2D eigenvalue weighted by Crippen LogP contribution is 2.24. The van der Waals surface area contributed by atoms with Crippen molar-refractivity contribution >= 4 is 21.9 Å². The maximum atomic E-state index is 12.1. The lowest BCUT2D eigenvalue weighted by atomic mass is 10.2. The molecule has 1 aromatic rings. The first-order valence-electron chi connectivity index (χ1n) is 4.71. The predicted molar refractivity (Wildman–Crippen MR) is 60.0 cm³/mol. The number of rotatable bonds is 4. The van der Waals surface area contributed by atoms with Gasteiger partial charge in [-0.25, -0.2) is 4.98 Å². The van der Waals surface area contributed by atoms with E-state index in [0.717, 1.165) is 0 Å². The summed E-state index contributed by atoms with van der Waals surface area (Å²) in [5.74, 6) is 0.364. The van der Waals surface area contributed by atoms with Gasteiger partial charge in [0.05, 0.1) is 24.2 Å². The Balaban J connectivity index is 2.68. The molecular weight excluding hydrogens is 303 g/mol. The minimum Gasteiger partial charge on any atom is -0.480 e. The van der Waals surface area contributed by atoms with Crippen LogP contribution >= 0.6 is 15.9 Å². The van der Waals surface area contributed by atoms with Crippen LogP contribution in [0, 0.1) is 0 Å². The van der Waals surface area contributed by atoms with Crippen LogP contribution in [0.5, 0.6) is 5.88 Å². The summed E-state index contributed by atoms with van der Waals surface area (Å²) >= 11 is 3.15. The van der Waals surface area contributed by atoms with E-state index in [2.05, 4.69) is 31.2 Å². The zero-order valence-electron chi connectivity index (χ0n) is 9.18. The number of anilines is 1. The Morgan fingerprint density at radius 2 is 2.18 bits per heavy atom. The molecule has 1 aromatic heterocycles. The van der Waals surface area contributed by atoms with Gasteiger partial charge in [-0.1, -0.05) is 0 Å². The van der Waals surface area contributed by atoms with E-state index in [4.69, 9.17) is 4.74 Å².